The molecule has 0 bridgehead atoms. The Hall–Kier alpha value is -1.07. The van der Waals surface area contributed by atoms with Gasteiger partial charge in [-0.2, -0.15) is 0 Å². The number of hydrogen-bond acceptors (Lipinski definition) is 4. The third kappa shape index (κ3) is 2.74. The van der Waals surface area contributed by atoms with Gasteiger partial charge in [-0.3, -0.25) is 0 Å². The van der Waals surface area contributed by atoms with Crippen molar-refractivity contribution in [3.8, 4) is 0 Å². The maximum absolute atomic E-state index is 11.3. The van der Waals surface area contributed by atoms with Crippen LogP contribution >= 0.6 is 0 Å². The van der Waals surface area contributed by atoms with Crippen LogP contribution in [0.5, 0.6) is 0 Å². The number of nitrogens with one attached hydrogen (secondary N) is 2. The zero-order chi connectivity index (χ0) is 11.6. The lowest BCUT2D eigenvalue weighted by molar-refractivity contribution is 0.602. The van der Waals surface area contributed by atoms with Crippen LogP contribution in [0, 0.1) is 0 Å². The van der Waals surface area contributed by atoms with E-state index in [9.17, 15) is 8.42 Å². The van der Waals surface area contributed by atoms with Gasteiger partial charge in [0.2, 0.25) is 0 Å². The van der Waals surface area contributed by atoms with E-state index in [4.69, 9.17) is 0 Å². The molecule has 1 heterocycles. The zero-order valence-corrected chi connectivity index (χ0v) is 10.0. The summed E-state index contributed by atoms with van der Waals surface area (Å²) < 4.78 is 22.5. The quantitative estimate of drug-likeness (QED) is 0.823. The van der Waals surface area contributed by atoms with Gasteiger partial charge in [0.1, 0.15) is 0 Å². The van der Waals surface area contributed by atoms with E-state index in [2.05, 4.69) is 10.6 Å². The molecule has 0 radical (unpaired) electrons. The molecule has 88 valence electrons. The van der Waals surface area contributed by atoms with E-state index >= 15 is 0 Å². The molecule has 0 aliphatic carbocycles. The van der Waals surface area contributed by atoms with Crippen molar-refractivity contribution in [3.05, 3.63) is 24.3 Å². The van der Waals surface area contributed by atoms with Gasteiger partial charge in [0, 0.05) is 24.5 Å². The predicted molar refractivity (Wildman–Crippen MR) is 64.4 cm³/mol. The van der Waals surface area contributed by atoms with Gasteiger partial charge in [-0.15, -0.1) is 0 Å². The van der Waals surface area contributed by atoms with Crippen LogP contribution in [-0.4, -0.2) is 33.8 Å². The van der Waals surface area contributed by atoms with Gasteiger partial charge in [0.15, 0.2) is 9.84 Å². The van der Waals surface area contributed by atoms with Crippen molar-refractivity contribution in [3.63, 3.8) is 0 Å². The fourth-order valence-electron chi connectivity index (χ4n) is 1.81. The molecule has 0 aromatic heterocycles. The summed E-state index contributed by atoms with van der Waals surface area (Å²) in [6.45, 7) is 2.01. The summed E-state index contributed by atoms with van der Waals surface area (Å²) >= 11 is 0. The molecule has 1 aromatic carbocycles. The molecule has 4 nitrogen and oxygen atoms in total. The Kier molecular flexibility index (Phi) is 3.16. The second-order valence-corrected chi connectivity index (χ2v) is 6.15. The number of rotatable bonds is 3. The van der Waals surface area contributed by atoms with Crippen molar-refractivity contribution < 1.29 is 8.42 Å². The second kappa shape index (κ2) is 4.43. The largest absolute Gasteiger partial charge is 0.381 e. The SMILES string of the molecule is CS(=O)(=O)c1ccc(NC2CCNC2)cc1. The summed E-state index contributed by atoms with van der Waals surface area (Å²) in [6.07, 6.45) is 2.32. The van der Waals surface area contributed by atoms with Crippen molar-refractivity contribution in [2.24, 2.45) is 0 Å². The molecule has 0 saturated carbocycles. The van der Waals surface area contributed by atoms with E-state index in [1.165, 1.54) is 6.26 Å². The van der Waals surface area contributed by atoms with Crippen molar-refractivity contribution in [2.45, 2.75) is 17.4 Å². The van der Waals surface area contributed by atoms with Gasteiger partial charge in [-0.25, -0.2) is 8.42 Å². The van der Waals surface area contributed by atoms with Crippen molar-refractivity contribution >= 4 is 15.5 Å². The van der Waals surface area contributed by atoms with Crippen molar-refractivity contribution in [1.29, 1.82) is 0 Å². The number of sulfone groups is 1. The molecule has 1 saturated heterocycles. The monoisotopic (exact) mass is 240 g/mol. The molecule has 0 amide bonds. The molecular weight excluding hydrogens is 224 g/mol. The van der Waals surface area contributed by atoms with Crippen LogP contribution in [0.25, 0.3) is 0 Å². The van der Waals surface area contributed by atoms with Crippen LogP contribution in [0.15, 0.2) is 29.2 Å². The van der Waals surface area contributed by atoms with Crippen LogP contribution in [0.2, 0.25) is 0 Å². The Labute approximate surface area is 96.0 Å². The lowest BCUT2D eigenvalue weighted by atomic mass is 10.2. The van der Waals surface area contributed by atoms with Gasteiger partial charge in [-0.05, 0) is 37.2 Å². The average Bonchev–Trinajstić information content (AvgIpc) is 2.70. The minimum atomic E-state index is -3.09. The highest BCUT2D eigenvalue weighted by Gasteiger charge is 2.14. The Bertz CT molecular complexity index is 447. The van der Waals surface area contributed by atoms with E-state index in [-0.39, 0.29) is 0 Å². The Morgan fingerprint density at radius 2 is 2.00 bits per heavy atom. The van der Waals surface area contributed by atoms with E-state index < -0.39 is 9.84 Å². The van der Waals surface area contributed by atoms with Gasteiger partial charge in [0.25, 0.3) is 0 Å². The summed E-state index contributed by atoms with van der Waals surface area (Å²) in [5.74, 6) is 0. The fourth-order valence-corrected chi connectivity index (χ4v) is 2.44. The molecule has 2 rings (SSSR count). The lowest BCUT2D eigenvalue weighted by Crippen LogP contribution is -2.21. The minimum Gasteiger partial charge on any atom is -0.381 e. The maximum Gasteiger partial charge on any atom is 0.175 e. The van der Waals surface area contributed by atoms with Crippen LogP contribution < -0.4 is 10.6 Å². The standard InChI is InChI=1S/C11H16N2O2S/c1-16(14,15)11-4-2-9(3-5-11)13-10-6-7-12-8-10/h2-5,10,12-13H,6-8H2,1H3. The van der Waals surface area contributed by atoms with E-state index in [0.717, 1.165) is 25.2 Å². The van der Waals surface area contributed by atoms with Gasteiger partial charge < -0.3 is 10.6 Å². The molecule has 16 heavy (non-hydrogen) atoms. The Balaban J connectivity index is 2.07. The highest BCUT2D eigenvalue weighted by molar-refractivity contribution is 7.90. The zero-order valence-electron chi connectivity index (χ0n) is 9.23. The first-order valence-corrected chi connectivity index (χ1v) is 7.22. The molecule has 1 aromatic rings. The van der Waals surface area contributed by atoms with Crippen LogP contribution in [0.4, 0.5) is 5.69 Å². The van der Waals surface area contributed by atoms with Gasteiger partial charge in [-0.1, -0.05) is 0 Å². The number of benzene rings is 1. The highest BCUT2D eigenvalue weighted by Crippen LogP contribution is 2.15. The minimum absolute atomic E-state index is 0.364. The lowest BCUT2D eigenvalue weighted by Gasteiger charge is -2.12. The van der Waals surface area contributed by atoms with Crippen molar-refractivity contribution in [1.82, 2.24) is 5.32 Å². The smallest absolute Gasteiger partial charge is 0.175 e. The molecule has 1 atom stereocenters. The third-order valence-electron chi connectivity index (χ3n) is 2.71. The van der Waals surface area contributed by atoms with Crippen molar-refractivity contribution in [2.75, 3.05) is 24.7 Å². The van der Waals surface area contributed by atoms with Crippen LogP contribution in [0.1, 0.15) is 6.42 Å². The Morgan fingerprint density at radius 3 is 2.50 bits per heavy atom. The second-order valence-electron chi connectivity index (χ2n) is 4.13. The summed E-state index contributed by atoms with van der Waals surface area (Å²) in [5, 5.41) is 6.63. The molecule has 1 aliphatic heterocycles. The third-order valence-corrected chi connectivity index (χ3v) is 3.84. The molecule has 1 unspecified atom stereocenters. The summed E-state index contributed by atoms with van der Waals surface area (Å²) in [7, 11) is -3.09. The summed E-state index contributed by atoms with van der Waals surface area (Å²) in [5.41, 5.74) is 0.973. The van der Waals surface area contributed by atoms with E-state index in [1.807, 2.05) is 12.1 Å². The summed E-state index contributed by atoms with van der Waals surface area (Å²) in [4.78, 5) is 0.364. The molecule has 1 fully saturated rings. The highest BCUT2D eigenvalue weighted by atomic mass is 32.2. The predicted octanol–water partition coefficient (Wildman–Crippen LogP) is 0.864. The van der Waals surface area contributed by atoms with Gasteiger partial charge in [0.05, 0.1) is 4.90 Å². The number of anilines is 1. The first kappa shape index (κ1) is 11.4. The fraction of sp³-hybridized carbons (Fsp3) is 0.455. The molecule has 1 aliphatic rings. The average molecular weight is 240 g/mol. The van der Waals surface area contributed by atoms with E-state index in [0.29, 0.717) is 10.9 Å². The molecule has 2 N–H and O–H groups in total. The summed E-state index contributed by atoms with van der Waals surface area (Å²) in [6, 6.07) is 7.35. The van der Waals surface area contributed by atoms with E-state index in [1.54, 1.807) is 12.1 Å². The van der Waals surface area contributed by atoms with Gasteiger partial charge >= 0.3 is 0 Å². The molecule has 0 spiro atoms. The normalized spacial score (nSPS) is 20.9. The first-order chi connectivity index (χ1) is 7.55. The van der Waals surface area contributed by atoms with Crippen LogP contribution in [-0.2, 0) is 9.84 Å². The first-order valence-electron chi connectivity index (χ1n) is 5.33. The molecular formula is C11H16N2O2S. The molecule has 5 heteroatoms. The topological polar surface area (TPSA) is 58.2 Å². The maximum atomic E-state index is 11.3. The number of hydrogen-bond donors (Lipinski definition) is 2. The van der Waals surface area contributed by atoms with Crippen LogP contribution in [0.3, 0.4) is 0 Å². The Morgan fingerprint density at radius 1 is 1.31 bits per heavy atom.